The molecule has 0 saturated carbocycles. The molecule has 3 amide bonds. The van der Waals surface area contributed by atoms with Gasteiger partial charge in [0, 0.05) is 57.4 Å². The highest BCUT2D eigenvalue weighted by Crippen LogP contribution is 2.29. The zero-order valence-electron chi connectivity index (χ0n) is 22.3. The Morgan fingerprint density at radius 1 is 1.19 bits per heavy atom. The number of hydrogen-bond donors (Lipinski definition) is 2. The average molecular weight is 524 g/mol. The Morgan fingerprint density at radius 3 is 2.47 bits per heavy atom. The molecule has 0 spiro atoms. The Bertz CT molecular complexity index is 897. The van der Waals surface area contributed by atoms with Gasteiger partial charge >= 0.3 is 6.03 Å². The first kappa shape index (κ1) is 28.3. The van der Waals surface area contributed by atoms with Crippen molar-refractivity contribution in [3.63, 3.8) is 0 Å². The maximum absolute atomic E-state index is 13.0. The van der Waals surface area contributed by atoms with Gasteiger partial charge in [-0.15, -0.1) is 0 Å². The first-order valence-corrected chi connectivity index (χ1v) is 13.3. The van der Waals surface area contributed by atoms with Gasteiger partial charge in [0.15, 0.2) is 0 Å². The molecule has 2 aliphatic rings. The Labute approximate surface area is 220 Å². The van der Waals surface area contributed by atoms with Crippen LogP contribution in [0.5, 0.6) is 5.75 Å². The van der Waals surface area contributed by atoms with Crippen LogP contribution in [-0.2, 0) is 4.74 Å². The second-order valence-corrected chi connectivity index (χ2v) is 10.8. The number of hydrogen-bond acceptors (Lipinski definition) is 6. The summed E-state index contributed by atoms with van der Waals surface area (Å²) < 4.78 is 11.2. The van der Waals surface area contributed by atoms with E-state index in [2.05, 4.69) is 37.9 Å². The van der Waals surface area contributed by atoms with E-state index in [0.29, 0.717) is 41.1 Å². The lowest BCUT2D eigenvalue weighted by Crippen LogP contribution is -2.53. The van der Waals surface area contributed by atoms with E-state index in [9.17, 15) is 9.59 Å². The highest BCUT2D eigenvalue weighted by molar-refractivity contribution is 6.33. The molecule has 36 heavy (non-hydrogen) atoms. The quantitative estimate of drug-likeness (QED) is 0.507. The predicted octanol–water partition coefficient (Wildman–Crippen LogP) is 3.31. The Kier molecular flexibility index (Phi) is 10.1. The van der Waals surface area contributed by atoms with Crippen molar-refractivity contribution >= 4 is 29.2 Å². The number of nitrogens with zero attached hydrogens (tertiary/aromatic N) is 3. The van der Waals surface area contributed by atoms with Crippen LogP contribution >= 0.6 is 11.6 Å². The molecule has 0 aromatic heterocycles. The number of morpholine rings is 1. The Hall–Kier alpha value is -2.23. The summed E-state index contributed by atoms with van der Waals surface area (Å²) in [4.78, 5) is 32.1. The van der Waals surface area contributed by atoms with Gasteiger partial charge in [-0.3, -0.25) is 9.69 Å². The summed E-state index contributed by atoms with van der Waals surface area (Å²) in [5.74, 6) is 0.661. The number of nitrogen functional groups attached to an aromatic ring is 1. The predicted molar refractivity (Wildman–Crippen MR) is 143 cm³/mol. The molecule has 3 N–H and O–H groups in total. The van der Waals surface area contributed by atoms with E-state index in [-0.39, 0.29) is 30.1 Å². The van der Waals surface area contributed by atoms with Crippen molar-refractivity contribution in [3.05, 3.63) is 22.7 Å². The number of benzene rings is 1. The Balaban J connectivity index is 1.46. The molecular formula is C26H42ClN5O4. The van der Waals surface area contributed by atoms with Crippen LogP contribution in [0.25, 0.3) is 0 Å². The third-order valence-corrected chi connectivity index (χ3v) is 7.34. The van der Waals surface area contributed by atoms with Gasteiger partial charge in [0.1, 0.15) is 5.75 Å². The standard InChI is InChI=1S/C26H42ClN5O4/c1-17(2)32(18(3)4)26(34)31-8-6-19(7-9-31)15-30-10-11-36-20(16-30)14-29-25(33)21-12-22(27)23(28)13-24(21)35-5/h12-13,17-20H,6-11,14-16,28H2,1-5H3,(H,29,33). The van der Waals surface area contributed by atoms with Crippen molar-refractivity contribution in [2.24, 2.45) is 5.92 Å². The van der Waals surface area contributed by atoms with Crippen LogP contribution in [0, 0.1) is 5.92 Å². The van der Waals surface area contributed by atoms with Gasteiger partial charge in [0.2, 0.25) is 0 Å². The maximum Gasteiger partial charge on any atom is 0.320 e. The van der Waals surface area contributed by atoms with E-state index in [0.717, 1.165) is 45.6 Å². The van der Waals surface area contributed by atoms with Gasteiger partial charge in [-0.1, -0.05) is 11.6 Å². The minimum atomic E-state index is -0.275. The number of carbonyl (C=O) groups excluding carboxylic acids is 2. The highest BCUT2D eigenvalue weighted by atomic mass is 35.5. The van der Waals surface area contributed by atoms with E-state index in [1.54, 1.807) is 6.07 Å². The molecule has 0 aliphatic carbocycles. The topological polar surface area (TPSA) is 100 Å². The van der Waals surface area contributed by atoms with E-state index in [1.807, 2.05) is 9.80 Å². The first-order chi connectivity index (χ1) is 17.1. The van der Waals surface area contributed by atoms with Crippen molar-refractivity contribution in [2.45, 2.75) is 58.7 Å². The van der Waals surface area contributed by atoms with Crippen LogP contribution in [0.2, 0.25) is 5.02 Å². The molecule has 2 aliphatic heterocycles. The number of anilines is 1. The first-order valence-electron chi connectivity index (χ1n) is 12.9. The van der Waals surface area contributed by atoms with Crippen LogP contribution in [0.15, 0.2) is 12.1 Å². The summed E-state index contributed by atoms with van der Waals surface area (Å²) in [7, 11) is 1.49. The SMILES string of the molecule is COc1cc(N)c(Cl)cc1C(=O)NCC1CN(CC2CCN(C(=O)N(C(C)C)C(C)C)CC2)CCO1. The molecule has 1 atom stereocenters. The fourth-order valence-electron chi connectivity index (χ4n) is 5.16. The fraction of sp³-hybridized carbons (Fsp3) is 0.692. The normalized spacial score (nSPS) is 19.6. The molecular weight excluding hydrogens is 482 g/mol. The third-order valence-electron chi connectivity index (χ3n) is 7.01. The molecule has 0 bridgehead atoms. The fourth-order valence-corrected chi connectivity index (χ4v) is 5.32. The summed E-state index contributed by atoms with van der Waals surface area (Å²) in [5, 5.41) is 3.26. The molecule has 3 rings (SSSR count). The zero-order chi connectivity index (χ0) is 26.4. The van der Waals surface area contributed by atoms with Crippen LogP contribution < -0.4 is 15.8 Å². The van der Waals surface area contributed by atoms with Crippen LogP contribution in [0.3, 0.4) is 0 Å². The summed E-state index contributed by atoms with van der Waals surface area (Å²) in [5.41, 5.74) is 6.53. The number of nitrogens with one attached hydrogen (secondary N) is 1. The molecule has 2 fully saturated rings. The monoisotopic (exact) mass is 523 g/mol. The van der Waals surface area contributed by atoms with Gasteiger partial charge in [0.25, 0.3) is 5.91 Å². The smallest absolute Gasteiger partial charge is 0.320 e. The van der Waals surface area contributed by atoms with Crippen molar-refractivity contribution < 1.29 is 19.1 Å². The van der Waals surface area contributed by atoms with Crippen molar-refractivity contribution in [2.75, 3.05) is 58.7 Å². The number of likely N-dealkylation sites (tertiary alicyclic amines) is 1. The van der Waals surface area contributed by atoms with E-state index >= 15 is 0 Å². The maximum atomic E-state index is 13.0. The van der Waals surface area contributed by atoms with Crippen LogP contribution in [0.4, 0.5) is 10.5 Å². The second kappa shape index (κ2) is 12.8. The number of carbonyl (C=O) groups is 2. The van der Waals surface area contributed by atoms with Gasteiger partial charge < -0.3 is 30.3 Å². The number of urea groups is 1. The van der Waals surface area contributed by atoms with Crippen molar-refractivity contribution in [1.29, 1.82) is 0 Å². The summed E-state index contributed by atoms with van der Waals surface area (Å²) in [6, 6.07) is 3.62. The molecule has 2 heterocycles. The van der Waals surface area contributed by atoms with Crippen LogP contribution in [0.1, 0.15) is 50.9 Å². The van der Waals surface area contributed by atoms with Crippen LogP contribution in [-0.4, -0.2) is 97.8 Å². The third kappa shape index (κ3) is 7.17. The lowest BCUT2D eigenvalue weighted by molar-refractivity contribution is -0.0333. The molecule has 9 nitrogen and oxygen atoms in total. The van der Waals surface area contributed by atoms with E-state index in [1.165, 1.54) is 13.2 Å². The van der Waals surface area contributed by atoms with Gasteiger partial charge in [-0.25, -0.2) is 4.79 Å². The van der Waals surface area contributed by atoms with E-state index < -0.39 is 0 Å². The molecule has 2 saturated heterocycles. The van der Waals surface area contributed by atoms with Crippen molar-refractivity contribution in [3.8, 4) is 5.75 Å². The number of piperidine rings is 1. The summed E-state index contributed by atoms with van der Waals surface area (Å²) in [6.07, 6.45) is 1.92. The van der Waals surface area contributed by atoms with Crippen molar-refractivity contribution in [1.82, 2.24) is 20.0 Å². The van der Waals surface area contributed by atoms with Gasteiger partial charge in [-0.05, 0) is 52.5 Å². The van der Waals surface area contributed by atoms with Gasteiger partial charge in [-0.2, -0.15) is 0 Å². The average Bonchev–Trinajstić information content (AvgIpc) is 2.84. The molecule has 0 radical (unpaired) electrons. The molecule has 202 valence electrons. The lowest BCUT2D eigenvalue weighted by atomic mass is 9.96. The number of amides is 3. The number of nitrogens with two attached hydrogens (primary N) is 1. The number of ether oxygens (including phenoxy) is 2. The van der Waals surface area contributed by atoms with Gasteiger partial charge in [0.05, 0.1) is 36.1 Å². The largest absolute Gasteiger partial charge is 0.496 e. The summed E-state index contributed by atoms with van der Waals surface area (Å²) in [6.45, 7) is 13.5. The number of halogens is 1. The lowest BCUT2D eigenvalue weighted by Gasteiger charge is -2.41. The minimum absolute atomic E-state index is 0.0924. The molecule has 1 aromatic carbocycles. The molecule has 1 aromatic rings. The summed E-state index contributed by atoms with van der Waals surface area (Å²) >= 11 is 6.10. The molecule has 1 unspecified atom stereocenters. The highest BCUT2D eigenvalue weighted by Gasteiger charge is 2.31. The number of rotatable bonds is 8. The zero-order valence-corrected chi connectivity index (χ0v) is 23.0. The Morgan fingerprint density at radius 2 is 1.86 bits per heavy atom. The molecule has 10 heteroatoms. The minimum Gasteiger partial charge on any atom is -0.496 e. The number of methoxy groups -OCH3 is 1. The van der Waals surface area contributed by atoms with E-state index in [4.69, 9.17) is 26.8 Å². The second-order valence-electron chi connectivity index (χ2n) is 10.3.